The fourth-order valence-electron chi connectivity index (χ4n) is 2.68. The van der Waals surface area contributed by atoms with Crippen LogP contribution in [0.25, 0.3) is 0 Å². The topological polar surface area (TPSA) is 47.3 Å². The maximum atomic E-state index is 6.23. The molecule has 1 heterocycles. The third-order valence-electron chi connectivity index (χ3n) is 3.82. The molecule has 3 N–H and O–H groups in total. The first-order valence-corrected chi connectivity index (χ1v) is 7.58. The molecule has 1 aliphatic heterocycles. The summed E-state index contributed by atoms with van der Waals surface area (Å²) in [6.45, 7) is 0. The predicted molar refractivity (Wildman–Crippen MR) is 85.8 cm³/mol. The van der Waals surface area contributed by atoms with Crippen LogP contribution in [0.15, 0.2) is 42.5 Å². The highest BCUT2D eigenvalue weighted by Gasteiger charge is 2.30. The van der Waals surface area contributed by atoms with Crippen molar-refractivity contribution in [2.24, 2.45) is 5.84 Å². The van der Waals surface area contributed by atoms with Gasteiger partial charge in [-0.3, -0.25) is 11.3 Å². The van der Waals surface area contributed by atoms with Gasteiger partial charge in [0.15, 0.2) is 0 Å². The molecule has 2 aromatic carbocycles. The molecule has 0 saturated carbocycles. The Hall–Kier alpha value is -1.26. The van der Waals surface area contributed by atoms with Gasteiger partial charge in [0.2, 0.25) is 0 Å². The summed E-state index contributed by atoms with van der Waals surface area (Å²) in [5.41, 5.74) is 4.93. The number of nitrogens with one attached hydrogen (secondary N) is 1. The van der Waals surface area contributed by atoms with E-state index < -0.39 is 0 Å². The summed E-state index contributed by atoms with van der Waals surface area (Å²) in [7, 11) is 0. The van der Waals surface area contributed by atoms with Crippen molar-refractivity contribution in [1.82, 2.24) is 5.43 Å². The quantitative estimate of drug-likeness (QED) is 0.670. The zero-order valence-corrected chi connectivity index (χ0v) is 12.9. The monoisotopic (exact) mass is 322 g/mol. The molecule has 0 aromatic heterocycles. The second-order valence-electron chi connectivity index (χ2n) is 5.15. The maximum absolute atomic E-state index is 6.23. The predicted octanol–water partition coefficient (Wildman–Crippen LogP) is 3.37. The van der Waals surface area contributed by atoms with Crippen LogP contribution >= 0.6 is 23.2 Å². The standard InChI is InChI=1S/C16H16Cl2N2O/c17-12-5-3-6-13(18)11(12)9-14(20-19)16-8-10-4-1-2-7-15(10)21-16/h1-7,14,16,20H,8-9,19H2. The van der Waals surface area contributed by atoms with Crippen LogP contribution in [0.4, 0.5) is 0 Å². The lowest BCUT2D eigenvalue weighted by atomic mass is 9.98. The number of hydrogen-bond acceptors (Lipinski definition) is 3. The number of fused-ring (bicyclic) bond motifs is 1. The van der Waals surface area contributed by atoms with Gasteiger partial charge in [-0.25, -0.2) is 0 Å². The Morgan fingerprint density at radius 1 is 1.14 bits per heavy atom. The van der Waals surface area contributed by atoms with Gasteiger partial charge in [0.05, 0.1) is 6.04 Å². The molecule has 1 aliphatic rings. The highest BCUT2D eigenvalue weighted by molar-refractivity contribution is 6.36. The molecule has 3 nitrogen and oxygen atoms in total. The maximum Gasteiger partial charge on any atom is 0.123 e. The second-order valence-corrected chi connectivity index (χ2v) is 5.96. The van der Waals surface area contributed by atoms with Crippen molar-refractivity contribution in [3.8, 4) is 5.75 Å². The van der Waals surface area contributed by atoms with Gasteiger partial charge >= 0.3 is 0 Å². The summed E-state index contributed by atoms with van der Waals surface area (Å²) in [4.78, 5) is 0. The van der Waals surface area contributed by atoms with Gasteiger partial charge in [0.1, 0.15) is 11.9 Å². The van der Waals surface area contributed by atoms with Crippen LogP contribution in [0.2, 0.25) is 10.0 Å². The van der Waals surface area contributed by atoms with E-state index in [1.54, 1.807) is 0 Å². The molecule has 2 atom stereocenters. The summed E-state index contributed by atoms with van der Waals surface area (Å²) in [5.74, 6) is 6.64. The van der Waals surface area contributed by atoms with E-state index in [2.05, 4.69) is 11.5 Å². The van der Waals surface area contributed by atoms with Gasteiger partial charge in [0.25, 0.3) is 0 Å². The lowest BCUT2D eigenvalue weighted by Crippen LogP contribution is -2.47. The Morgan fingerprint density at radius 3 is 2.52 bits per heavy atom. The molecule has 2 unspecified atom stereocenters. The van der Waals surface area contributed by atoms with Crippen molar-refractivity contribution in [3.63, 3.8) is 0 Å². The van der Waals surface area contributed by atoms with Gasteiger partial charge in [-0.2, -0.15) is 0 Å². The molecular formula is C16H16Cl2N2O. The average molecular weight is 323 g/mol. The normalized spacial score (nSPS) is 18.1. The molecule has 3 rings (SSSR count). The van der Waals surface area contributed by atoms with Crippen molar-refractivity contribution in [2.45, 2.75) is 25.0 Å². The fourth-order valence-corrected chi connectivity index (χ4v) is 3.23. The number of ether oxygens (including phenoxy) is 1. The smallest absolute Gasteiger partial charge is 0.123 e. The third kappa shape index (κ3) is 3.01. The van der Waals surface area contributed by atoms with Crippen LogP contribution in [-0.2, 0) is 12.8 Å². The Kier molecular flexibility index (Phi) is 4.36. The van der Waals surface area contributed by atoms with Gasteiger partial charge < -0.3 is 4.74 Å². The number of hydrazine groups is 1. The largest absolute Gasteiger partial charge is 0.488 e. The van der Waals surface area contributed by atoms with E-state index in [9.17, 15) is 0 Å². The van der Waals surface area contributed by atoms with Gasteiger partial charge in [-0.15, -0.1) is 0 Å². The SMILES string of the molecule is NNC(Cc1c(Cl)cccc1Cl)C1Cc2ccccc2O1. The molecule has 0 spiro atoms. The van der Waals surface area contributed by atoms with E-state index in [1.165, 1.54) is 5.56 Å². The fraction of sp³-hybridized carbons (Fsp3) is 0.250. The lowest BCUT2D eigenvalue weighted by Gasteiger charge is -2.23. The molecule has 0 amide bonds. The zero-order valence-electron chi connectivity index (χ0n) is 11.4. The van der Waals surface area contributed by atoms with Crippen LogP contribution in [0.1, 0.15) is 11.1 Å². The average Bonchev–Trinajstić information content (AvgIpc) is 2.90. The van der Waals surface area contributed by atoms with E-state index in [1.807, 2.05) is 36.4 Å². The minimum absolute atomic E-state index is 0.0280. The zero-order chi connectivity index (χ0) is 14.8. The van der Waals surface area contributed by atoms with Crippen molar-refractivity contribution in [3.05, 3.63) is 63.6 Å². The Bertz CT molecular complexity index is 603. The van der Waals surface area contributed by atoms with Crippen molar-refractivity contribution >= 4 is 23.2 Å². The van der Waals surface area contributed by atoms with Crippen molar-refractivity contribution in [1.29, 1.82) is 0 Å². The van der Waals surface area contributed by atoms with Gasteiger partial charge in [0, 0.05) is 16.5 Å². The number of hydrogen-bond donors (Lipinski definition) is 2. The minimum atomic E-state index is -0.0604. The van der Waals surface area contributed by atoms with Crippen LogP contribution in [0.3, 0.4) is 0 Å². The van der Waals surface area contributed by atoms with Crippen LogP contribution in [-0.4, -0.2) is 12.1 Å². The molecule has 21 heavy (non-hydrogen) atoms. The Labute approximate surface area is 134 Å². The summed E-state index contributed by atoms with van der Waals surface area (Å²) in [6, 6.07) is 13.5. The Balaban J connectivity index is 1.78. The van der Waals surface area contributed by atoms with Crippen LogP contribution in [0.5, 0.6) is 5.75 Å². The molecule has 0 aliphatic carbocycles. The summed E-state index contributed by atoms with van der Waals surface area (Å²) < 4.78 is 5.98. The van der Waals surface area contributed by atoms with E-state index in [4.69, 9.17) is 33.8 Å². The van der Waals surface area contributed by atoms with Crippen LogP contribution in [0, 0.1) is 0 Å². The first kappa shape index (κ1) is 14.7. The first-order valence-electron chi connectivity index (χ1n) is 6.82. The first-order chi connectivity index (χ1) is 10.2. The van der Waals surface area contributed by atoms with Crippen molar-refractivity contribution in [2.75, 3.05) is 0 Å². The van der Waals surface area contributed by atoms with Crippen molar-refractivity contribution < 1.29 is 4.74 Å². The molecule has 0 bridgehead atoms. The summed E-state index contributed by atoms with van der Waals surface area (Å²) in [5, 5.41) is 1.30. The highest BCUT2D eigenvalue weighted by Crippen LogP contribution is 2.32. The van der Waals surface area contributed by atoms with Gasteiger partial charge in [-0.05, 0) is 35.7 Å². The summed E-state index contributed by atoms with van der Waals surface area (Å²) in [6.07, 6.45) is 1.42. The molecular weight excluding hydrogens is 307 g/mol. The van der Waals surface area contributed by atoms with E-state index >= 15 is 0 Å². The minimum Gasteiger partial charge on any atom is -0.488 e. The molecule has 0 fully saturated rings. The van der Waals surface area contributed by atoms with E-state index in [0.717, 1.165) is 17.7 Å². The molecule has 110 valence electrons. The Morgan fingerprint density at radius 2 is 1.86 bits per heavy atom. The second kappa shape index (κ2) is 6.24. The molecule has 2 aromatic rings. The van der Waals surface area contributed by atoms with E-state index in [0.29, 0.717) is 16.5 Å². The summed E-state index contributed by atoms with van der Waals surface area (Å²) >= 11 is 12.5. The van der Waals surface area contributed by atoms with Gasteiger partial charge in [-0.1, -0.05) is 47.5 Å². The molecule has 0 saturated heterocycles. The third-order valence-corrected chi connectivity index (χ3v) is 4.53. The van der Waals surface area contributed by atoms with Crippen LogP contribution < -0.4 is 16.0 Å². The van der Waals surface area contributed by atoms with E-state index in [-0.39, 0.29) is 12.1 Å². The number of nitrogens with two attached hydrogens (primary N) is 1. The number of halogens is 2. The number of para-hydroxylation sites is 1. The molecule has 0 radical (unpaired) electrons. The lowest BCUT2D eigenvalue weighted by molar-refractivity contribution is 0.177. The molecule has 5 heteroatoms. The highest BCUT2D eigenvalue weighted by atomic mass is 35.5. The number of rotatable bonds is 4. The number of benzene rings is 2.